The number of amides is 1. The highest BCUT2D eigenvalue weighted by molar-refractivity contribution is 9.10. The van der Waals surface area contributed by atoms with Gasteiger partial charge in [-0.3, -0.25) is 9.78 Å². The Labute approximate surface area is 134 Å². The second-order valence-corrected chi connectivity index (χ2v) is 5.47. The Balaban J connectivity index is 2.09. The highest BCUT2D eigenvalue weighted by atomic mass is 79.9. The van der Waals surface area contributed by atoms with Crippen LogP contribution in [0.1, 0.15) is 26.4 Å². The second kappa shape index (κ2) is 6.69. The Bertz CT molecular complexity index is 706. The van der Waals surface area contributed by atoms with Gasteiger partial charge in [-0.05, 0) is 30.3 Å². The fraction of sp³-hybridized carbons (Fsp3) is 0.0714. The molecule has 5 nitrogen and oxygen atoms in total. The Hall–Kier alpha value is -1.92. The highest BCUT2D eigenvalue weighted by Crippen LogP contribution is 2.20. The molecule has 0 bridgehead atoms. The van der Waals surface area contributed by atoms with Gasteiger partial charge in [-0.15, -0.1) is 0 Å². The SMILES string of the molecule is O=C(O)c1ccnc(CNC(=O)c2cc(Br)ccc2Cl)c1. The number of carboxylic acid groups (broad SMARTS) is 1. The molecule has 0 aliphatic carbocycles. The second-order valence-electron chi connectivity index (χ2n) is 4.15. The third kappa shape index (κ3) is 4.03. The minimum atomic E-state index is -1.04. The van der Waals surface area contributed by atoms with Gasteiger partial charge in [0.2, 0.25) is 0 Å². The summed E-state index contributed by atoms with van der Waals surface area (Å²) in [7, 11) is 0. The Morgan fingerprint density at radius 2 is 2.05 bits per heavy atom. The number of nitrogens with zero attached hydrogens (tertiary/aromatic N) is 1. The van der Waals surface area contributed by atoms with Gasteiger partial charge in [0.25, 0.3) is 5.91 Å². The molecule has 0 saturated heterocycles. The number of aromatic carboxylic acids is 1. The van der Waals surface area contributed by atoms with Crippen molar-refractivity contribution < 1.29 is 14.7 Å². The van der Waals surface area contributed by atoms with Crippen molar-refractivity contribution >= 4 is 39.4 Å². The maximum absolute atomic E-state index is 12.0. The number of carbonyl (C=O) groups excluding carboxylic acids is 1. The molecular formula is C14H10BrClN2O3. The van der Waals surface area contributed by atoms with Gasteiger partial charge in [0.1, 0.15) is 0 Å². The Morgan fingerprint density at radius 3 is 2.76 bits per heavy atom. The standard InChI is InChI=1S/C14H10BrClN2O3/c15-9-1-2-12(16)11(6-9)13(19)18-7-10-5-8(14(20)21)3-4-17-10/h1-6H,7H2,(H,18,19)(H,20,21). The van der Waals surface area contributed by atoms with Gasteiger partial charge >= 0.3 is 5.97 Å². The first kappa shape index (κ1) is 15.5. The van der Waals surface area contributed by atoms with E-state index in [0.29, 0.717) is 16.3 Å². The van der Waals surface area contributed by atoms with E-state index in [2.05, 4.69) is 26.2 Å². The van der Waals surface area contributed by atoms with Crippen LogP contribution in [0.4, 0.5) is 0 Å². The molecule has 1 amide bonds. The van der Waals surface area contributed by atoms with Crippen molar-refractivity contribution in [2.75, 3.05) is 0 Å². The molecule has 2 rings (SSSR count). The van der Waals surface area contributed by atoms with Crippen LogP contribution >= 0.6 is 27.5 Å². The predicted octanol–water partition coefficient (Wildman–Crippen LogP) is 3.13. The maximum Gasteiger partial charge on any atom is 0.335 e. The summed E-state index contributed by atoms with van der Waals surface area (Å²) in [5.41, 5.74) is 0.907. The van der Waals surface area contributed by atoms with Crippen molar-refractivity contribution in [1.82, 2.24) is 10.3 Å². The van der Waals surface area contributed by atoms with Crippen LogP contribution in [0, 0.1) is 0 Å². The summed E-state index contributed by atoms with van der Waals surface area (Å²) in [4.78, 5) is 26.9. The van der Waals surface area contributed by atoms with E-state index in [9.17, 15) is 9.59 Å². The fourth-order valence-electron chi connectivity index (χ4n) is 1.65. The molecule has 0 aliphatic heterocycles. The van der Waals surface area contributed by atoms with Crippen molar-refractivity contribution in [2.24, 2.45) is 0 Å². The maximum atomic E-state index is 12.0. The molecule has 2 aromatic rings. The van der Waals surface area contributed by atoms with Gasteiger partial charge in [-0.2, -0.15) is 0 Å². The lowest BCUT2D eigenvalue weighted by Crippen LogP contribution is -2.23. The smallest absolute Gasteiger partial charge is 0.335 e. The van der Waals surface area contributed by atoms with Crippen LogP contribution in [0.5, 0.6) is 0 Å². The first-order valence-electron chi connectivity index (χ1n) is 5.89. The van der Waals surface area contributed by atoms with Crippen molar-refractivity contribution in [3.05, 3.63) is 62.8 Å². The number of hydrogen-bond acceptors (Lipinski definition) is 3. The summed E-state index contributed by atoms with van der Waals surface area (Å²) in [5, 5.41) is 11.9. The average Bonchev–Trinajstić information content (AvgIpc) is 2.47. The molecule has 2 N–H and O–H groups in total. The highest BCUT2D eigenvalue weighted by Gasteiger charge is 2.11. The molecule has 1 heterocycles. The van der Waals surface area contributed by atoms with Crippen LogP contribution in [-0.2, 0) is 6.54 Å². The van der Waals surface area contributed by atoms with Crippen LogP contribution in [0.15, 0.2) is 41.0 Å². The van der Waals surface area contributed by atoms with Crippen LogP contribution in [0.2, 0.25) is 5.02 Å². The van der Waals surface area contributed by atoms with Gasteiger partial charge in [0, 0.05) is 10.7 Å². The summed E-state index contributed by atoms with van der Waals surface area (Å²) in [6.45, 7) is 0.114. The summed E-state index contributed by atoms with van der Waals surface area (Å²) >= 11 is 9.23. The molecule has 0 aliphatic rings. The van der Waals surface area contributed by atoms with Crippen molar-refractivity contribution in [2.45, 2.75) is 6.54 Å². The van der Waals surface area contributed by atoms with E-state index >= 15 is 0 Å². The van der Waals surface area contributed by atoms with E-state index in [1.165, 1.54) is 18.3 Å². The first-order valence-corrected chi connectivity index (χ1v) is 7.06. The first-order chi connectivity index (χ1) is 9.97. The lowest BCUT2D eigenvalue weighted by molar-refractivity contribution is 0.0696. The van der Waals surface area contributed by atoms with Gasteiger partial charge in [0.15, 0.2) is 0 Å². The van der Waals surface area contributed by atoms with E-state index in [1.54, 1.807) is 18.2 Å². The quantitative estimate of drug-likeness (QED) is 0.868. The summed E-state index contributed by atoms with van der Waals surface area (Å²) in [6.07, 6.45) is 1.39. The fourth-order valence-corrected chi connectivity index (χ4v) is 2.21. The number of hydrogen-bond donors (Lipinski definition) is 2. The molecule has 0 fully saturated rings. The number of carboxylic acids is 1. The summed E-state index contributed by atoms with van der Waals surface area (Å²) in [6, 6.07) is 7.75. The molecule has 0 unspecified atom stereocenters. The summed E-state index contributed by atoms with van der Waals surface area (Å²) < 4.78 is 0.739. The number of aromatic nitrogens is 1. The third-order valence-corrected chi connectivity index (χ3v) is 3.49. The van der Waals surface area contributed by atoms with Crippen molar-refractivity contribution in [3.63, 3.8) is 0 Å². The lowest BCUT2D eigenvalue weighted by atomic mass is 10.2. The largest absolute Gasteiger partial charge is 0.478 e. The molecule has 0 saturated carbocycles. The Kier molecular flexibility index (Phi) is 4.93. The van der Waals surface area contributed by atoms with Crippen LogP contribution in [-0.4, -0.2) is 22.0 Å². The van der Waals surface area contributed by atoms with Crippen LogP contribution in [0.3, 0.4) is 0 Å². The number of nitrogens with one attached hydrogen (secondary N) is 1. The van der Waals surface area contributed by atoms with Gasteiger partial charge < -0.3 is 10.4 Å². The zero-order valence-corrected chi connectivity index (χ0v) is 13.0. The van der Waals surface area contributed by atoms with E-state index in [0.717, 1.165) is 4.47 Å². The van der Waals surface area contributed by atoms with E-state index in [4.69, 9.17) is 16.7 Å². The number of halogens is 2. The molecule has 0 radical (unpaired) electrons. The molecule has 0 spiro atoms. The molecule has 7 heteroatoms. The molecule has 1 aromatic carbocycles. The van der Waals surface area contributed by atoms with E-state index < -0.39 is 5.97 Å². The predicted molar refractivity (Wildman–Crippen MR) is 81.5 cm³/mol. The number of carbonyl (C=O) groups is 2. The number of pyridine rings is 1. The molecule has 108 valence electrons. The minimum absolute atomic E-state index is 0.114. The number of benzene rings is 1. The van der Waals surface area contributed by atoms with Gasteiger partial charge in [-0.25, -0.2) is 4.79 Å². The normalized spacial score (nSPS) is 10.2. The van der Waals surface area contributed by atoms with Gasteiger partial charge in [-0.1, -0.05) is 27.5 Å². The molecular weight excluding hydrogens is 360 g/mol. The number of rotatable bonds is 4. The molecule has 21 heavy (non-hydrogen) atoms. The summed E-state index contributed by atoms with van der Waals surface area (Å²) in [5.74, 6) is -1.40. The van der Waals surface area contributed by atoms with Gasteiger partial charge in [0.05, 0.1) is 28.4 Å². The Morgan fingerprint density at radius 1 is 1.29 bits per heavy atom. The molecule has 1 aromatic heterocycles. The monoisotopic (exact) mass is 368 g/mol. The minimum Gasteiger partial charge on any atom is -0.478 e. The van der Waals surface area contributed by atoms with Crippen molar-refractivity contribution in [3.8, 4) is 0 Å². The van der Waals surface area contributed by atoms with Crippen LogP contribution < -0.4 is 5.32 Å². The van der Waals surface area contributed by atoms with E-state index in [1.807, 2.05) is 0 Å². The van der Waals surface area contributed by atoms with Crippen LogP contribution in [0.25, 0.3) is 0 Å². The van der Waals surface area contributed by atoms with Crippen molar-refractivity contribution in [1.29, 1.82) is 0 Å². The molecule has 0 atom stereocenters. The lowest BCUT2D eigenvalue weighted by Gasteiger charge is -2.07. The zero-order valence-electron chi connectivity index (χ0n) is 10.6. The third-order valence-electron chi connectivity index (χ3n) is 2.67. The average molecular weight is 370 g/mol. The topological polar surface area (TPSA) is 79.3 Å². The zero-order chi connectivity index (χ0) is 15.4. The van der Waals surface area contributed by atoms with E-state index in [-0.39, 0.29) is 18.0 Å².